The van der Waals surface area contributed by atoms with Crippen LogP contribution in [0.2, 0.25) is 10.0 Å². The highest BCUT2D eigenvalue weighted by Gasteiger charge is 2.10. The van der Waals surface area contributed by atoms with Crippen LogP contribution in [0.3, 0.4) is 0 Å². The first kappa shape index (κ1) is 21.6. The van der Waals surface area contributed by atoms with Crippen molar-refractivity contribution in [1.82, 2.24) is 20.3 Å². The SMILES string of the molecule is CN(C)c1nc(Nc2ccc(Cl)cc2)nc(OCCNC(=O)c2ccc(Cl)cc2)n1. The maximum Gasteiger partial charge on any atom is 0.323 e. The molecule has 2 N–H and O–H groups in total. The number of carbonyl (C=O) groups excluding carboxylic acids is 1. The van der Waals surface area contributed by atoms with E-state index in [1.807, 2.05) is 26.2 Å². The van der Waals surface area contributed by atoms with Crippen LogP contribution >= 0.6 is 23.2 Å². The molecule has 0 unspecified atom stereocenters. The zero-order valence-electron chi connectivity index (χ0n) is 16.4. The second-order valence-electron chi connectivity index (χ2n) is 6.38. The van der Waals surface area contributed by atoms with E-state index in [1.54, 1.807) is 41.3 Å². The van der Waals surface area contributed by atoms with E-state index in [0.717, 1.165) is 5.69 Å². The minimum Gasteiger partial charge on any atom is -0.461 e. The average molecular weight is 447 g/mol. The molecule has 0 spiro atoms. The summed E-state index contributed by atoms with van der Waals surface area (Å²) in [6, 6.07) is 13.9. The standard InChI is InChI=1S/C20H20Cl2N6O2/c1-28(2)19-25-18(24-16-9-7-15(22)8-10-16)26-20(27-19)30-12-11-23-17(29)13-3-5-14(21)6-4-13/h3-10H,11-12H2,1-2H3,(H,23,29)(H,24,25,26,27). The summed E-state index contributed by atoms with van der Waals surface area (Å²) in [7, 11) is 3.63. The first-order valence-electron chi connectivity index (χ1n) is 9.03. The largest absolute Gasteiger partial charge is 0.461 e. The Kier molecular flexibility index (Phi) is 7.26. The predicted molar refractivity (Wildman–Crippen MR) is 118 cm³/mol. The maximum absolute atomic E-state index is 12.1. The van der Waals surface area contributed by atoms with E-state index in [1.165, 1.54) is 0 Å². The number of anilines is 3. The van der Waals surface area contributed by atoms with Crippen LogP contribution in [-0.2, 0) is 0 Å². The smallest absolute Gasteiger partial charge is 0.323 e. The molecule has 30 heavy (non-hydrogen) atoms. The Morgan fingerprint density at radius 2 is 1.60 bits per heavy atom. The number of hydrogen-bond donors (Lipinski definition) is 2. The number of amides is 1. The number of aromatic nitrogens is 3. The molecule has 0 fully saturated rings. The third-order valence-corrected chi connectivity index (χ3v) is 4.33. The summed E-state index contributed by atoms with van der Waals surface area (Å²) in [6.45, 7) is 0.473. The molecular formula is C20H20Cl2N6O2. The van der Waals surface area contributed by atoms with E-state index in [4.69, 9.17) is 27.9 Å². The maximum atomic E-state index is 12.1. The zero-order chi connectivity index (χ0) is 21.5. The van der Waals surface area contributed by atoms with Crippen molar-refractivity contribution in [3.8, 4) is 6.01 Å². The monoisotopic (exact) mass is 446 g/mol. The molecule has 2 aromatic carbocycles. The molecule has 3 rings (SSSR count). The summed E-state index contributed by atoms with van der Waals surface area (Å²) in [4.78, 5) is 26.7. The number of ether oxygens (including phenoxy) is 1. The van der Waals surface area contributed by atoms with Crippen LogP contribution in [0.5, 0.6) is 6.01 Å². The Hall–Kier alpha value is -3.10. The van der Waals surface area contributed by atoms with Crippen molar-refractivity contribution in [2.75, 3.05) is 37.5 Å². The van der Waals surface area contributed by atoms with Crippen LogP contribution in [0, 0.1) is 0 Å². The van der Waals surface area contributed by atoms with E-state index >= 15 is 0 Å². The Balaban J connectivity index is 1.60. The molecule has 0 aliphatic carbocycles. The number of halogens is 2. The Labute approximate surface area is 184 Å². The van der Waals surface area contributed by atoms with Gasteiger partial charge >= 0.3 is 6.01 Å². The van der Waals surface area contributed by atoms with E-state index in [2.05, 4.69) is 25.6 Å². The zero-order valence-corrected chi connectivity index (χ0v) is 17.9. The van der Waals surface area contributed by atoms with Crippen LogP contribution in [0.25, 0.3) is 0 Å². The highest BCUT2D eigenvalue weighted by atomic mass is 35.5. The lowest BCUT2D eigenvalue weighted by Gasteiger charge is -2.14. The van der Waals surface area contributed by atoms with Crippen molar-refractivity contribution >= 4 is 46.7 Å². The molecule has 0 aliphatic heterocycles. The van der Waals surface area contributed by atoms with Crippen molar-refractivity contribution in [2.45, 2.75) is 0 Å². The molecular weight excluding hydrogens is 427 g/mol. The molecule has 1 amide bonds. The molecule has 0 atom stereocenters. The van der Waals surface area contributed by atoms with E-state index < -0.39 is 0 Å². The lowest BCUT2D eigenvalue weighted by atomic mass is 10.2. The fourth-order valence-corrected chi connectivity index (χ4v) is 2.59. The Bertz CT molecular complexity index is 997. The van der Waals surface area contributed by atoms with Crippen molar-refractivity contribution in [3.63, 3.8) is 0 Å². The van der Waals surface area contributed by atoms with Gasteiger partial charge in [0, 0.05) is 35.4 Å². The van der Waals surface area contributed by atoms with Crippen molar-refractivity contribution in [2.24, 2.45) is 0 Å². The average Bonchev–Trinajstić information content (AvgIpc) is 2.73. The normalized spacial score (nSPS) is 10.4. The van der Waals surface area contributed by atoms with E-state index in [9.17, 15) is 4.79 Å². The van der Waals surface area contributed by atoms with Crippen LogP contribution < -0.4 is 20.3 Å². The summed E-state index contributed by atoms with van der Waals surface area (Å²) in [6.07, 6.45) is 0. The summed E-state index contributed by atoms with van der Waals surface area (Å²) in [5.74, 6) is 0.544. The van der Waals surface area contributed by atoms with Crippen LogP contribution in [-0.4, -0.2) is 48.1 Å². The number of nitrogens with zero attached hydrogens (tertiary/aromatic N) is 4. The highest BCUT2D eigenvalue weighted by Crippen LogP contribution is 2.19. The van der Waals surface area contributed by atoms with Gasteiger partial charge in [-0.3, -0.25) is 4.79 Å². The van der Waals surface area contributed by atoms with Gasteiger partial charge in [-0.15, -0.1) is 0 Å². The lowest BCUT2D eigenvalue weighted by Crippen LogP contribution is -2.28. The number of rotatable bonds is 8. The van der Waals surface area contributed by atoms with Crippen LogP contribution in [0.1, 0.15) is 10.4 Å². The van der Waals surface area contributed by atoms with Gasteiger partial charge in [0.05, 0.1) is 6.54 Å². The number of carbonyl (C=O) groups is 1. The van der Waals surface area contributed by atoms with E-state index in [0.29, 0.717) is 27.5 Å². The summed E-state index contributed by atoms with van der Waals surface area (Å²) in [5.41, 5.74) is 1.29. The topological polar surface area (TPSA) is 92.3 Å². The summed E-state index contributed by atoms with van der Waals surface area (Å²) < 4.78 is 5.61. The first-order valence-corrected chi connectivity index (χ1v) is 9.79. The first-order chi connectivity index (χ1) is 14.4. The van der Waals surface area contributed by atoms with Gasteiger partial charge in [-0.25, -0.2) is 0 Å². The molecule has 8 nitrogen and oxygen atoms in total. The molecule has 0 saturated carbocycles. The fraction of sp³-hybridized carbons (Fsp3) is 0.200. The molecule has 1 heterocycles. The van der Waals surface area contributed by atoms with Crippen molar-refractivity contribution < 1.29 is 9.53 Å². The van der Waals surface area contributed by atoms with Crippen molar-refractivity contribution in [3.05, 3.63) is 64.1 Å². The molecule has 1 aromatic heterocycles. The van der Waals surface area contributed by atoms with Gasteiger partial charge < -0.3 is 20.3 Å². The third kappa shape index (κ3) is 6.20. The second-order valence-corrected chi connectivity index (χ2v) is 7.25. The molecule has 0 bridgehead atoms. The van der Waals surface area contributed by atoms with E-state index in [-0.39, 0.29) is 25.1 Å². The third-order valence-electron chi connectivity index (χ3n) is 3.83. The summed E-state index contributed by atoms with van der Waals surface area (Å²) in [5, 5.41) is 7.07. The molecule has 0 saturated heterocycles. The molecule has 10 heteroatoms. The molecule has 156 valence electrons. The van der Waals surface area contributed by atoms with Crippen LogP contribution in [0.4, 0.5) is 17.6 Å². The summed E-state index contributed by atoms with van der Waals surface area (Å²) >= 11 is 11.7. The van der Waals surface area contributed by atoms with Crippen LogP contribution in [0.15, 0.2) is 48.5 Å². The van der Waals surface area contributed by atoms with Gasteiger partial charge in [0.1, 0.15) is 6.61 Å². The van der Waals surface area contributed by atoms with Gasteiger partial charge in [0.2, 0.25) is 11.9 Å². The molecule has 0 radical (unpaired) electrons. The van der Waals surface area contributed by atoms with Gasteiger partial charge in [0.25, 0.3) is 5.91 Å². The second kappa shape index (κ2) is 10.1. The van der Waals surface area contributed by atoms with Gasteiger partial charge in [-0.1, -0.05) is 23.2 Å². The number of nitrogens with one attached hydrogen (secondary N) is 2. The van der Waals surface area contributed by atoms with Gasteiger partial charge in [0.15, 0.2) is 0 Å². The minimum absolute atomic E-state index is 0.144. The quantitative estimate of drug-likeness (QED) is 0.508. The Morgan fingerprint density at radius 1 is 0.967 bits per heavy atom. The molecule has 3 aromatic rings. The number of benzene rings is 2. The number of hydrogen-bond acceptors (Lipinski definition) is 7. The fourth-order valence-electron chi connectivity index (χ4n) is 2.34. The predicted octanol–water partition coefficient (Wildman–Crippen LogP) is 3.80. The highest BCUT2D eigenvalue weighted by molar-refractivity contribution is 6.30. The Morgan fingerprint density at radius 3 is 2.23 bits per heavy atom. The molecule has 0 aliphatic rings. The van der Waals surface area contributed by atoms with Gasteiger partial charge in [-0.05, 0) is 48.5 Å². The lowest BCUT2D eigenvalue weighted by molar-refractivity contribution is 0.0946. The van der Waals surface area contributed by atoms with Gasteiger partial charge in [-0.2, -0.15) is 15.0 Å². The van der Waals surface area contributed by atoms with Crippen molar-refractivity contribution in [1.29, 1.82) is 0 Å². The minimum atomic E-state index is -0.218.